The zero-order chi connectivity index (χ0) is 26.2. The van der Waals surface area contributed by atoms with E-state index >= 15 is 0 Å². The number of carbonyl (C=O) groups excluding carboxylic acids is 1. The minimum atomic E-state index is -0.631. The lowest BCUT2D eigenvalue weighted by Crippen LogP contribution is -2.47. The molecule has 0 bridgehead atoms. The average molecular weight is 522 g/mol. The van der Waals surface area contributed by atoms with E-state index in [1.807, 2.05) is 17.5 Å². The molecule has 2 aromatic heterocycles. The summed E-state index contributed by atoms with van der Waals surface area (Å²) in [4.78, 5) is 29.5. The first-order chi connectivity index (χ1) is 17.7. The molecule has 0 atom stereocenters. The van der Waals surface area contributed by atoms with E-state index in [0.717, 1.165) is 71.4 Å². The number of carbonyl (C=O) groups is 1. The fourth-order valence-electron chi connectivity index (χ4n) is 4.74. The van der Waals surface area contributed by atoms with Crippen molar-refractivity contribution in [2.24, 2.45) is 5.41 Å². The molecule has 1 aliphatic heterocycles. The van der Waals surface area contributed by atoms with Crippen molar-refractivity contribution in [3.8, 4) is 0 Å². The van der Waals surface area contributed by atoms with Crippen molar-refractivity contribution in [3.63, 3.8) is 0 Å². The quantitative estimate of drug-likeness (QED) is 0.324. The summed E-state index contributed by atoms with van der Waals surface area (Å²) in [5, 5.41) is 4.07. The van der Waals surface area contributed by atoms with Crippen molar-refractivity contribution in [2.75, 3.05) is 37.6 Å². The molecule has 2 aromatic carbocycles. The van der Waals surface area contributed by atoms with Gasteiger partial charge in [-0.3, -0.25) is 19.1 Å². The van der Waals surface area contributed by atoms with Crippen LogP contribution in [0.2, 0.25) is 0 Å². The van der Waals surface area contributed by atoms with E-state index in [2.05, 4.69) is 21.9 Å². The highest BCUT2D eigenvalue weighted by Gasteiger charge is 2.23. The van der Waals surface area contributed by atoms with Crippen LogP contribution in [-0.2, 0) is 22.7 Å². The Labute approximate surface area is 219 Å². The molecule has 0 amide bonds. The number of hydrogen-bond donors (Lipinski definition) is 0. The largest absolute Gasteiger partial charge is 0.443 e. The molecule has 4 aromatic rings. The Bertz CT molecular complexity index is 1500. The second-order valence-electron chi connectivity index (χ2n) is 10.6. The Morgan fingerprint density at radius 1 is 1.03 bits per heavy atom. The van der Waals surface area contributed by atoms with Gasteiger partial charge in [0.15, 0.2) is 6.73 Å². The van der Waals surface area contributed by atoms with Crippen molar-refractivity contribution >= 4 is 44.0 Å². The van der Waals surface area contributed by atoms with Crippen LogP contribution in [0.3, 0.4) is 0 Å². The van der Waals surface area contributed by atoms with E-state index in [0.29, 0.717) is 0 Å². The first kappa shape index (κ1) is 25.4. The molecular weight excluding hydrogens is 489 g/mol. The third-order valence-corrected chi connectivity index (χ3v) is 7.80. The van der Waals surface area contributed by atoms with E-state index < -0.39 is 5.41 Å². The SMILES string of the molecule is CC(C)(C)C(=O)OCn1c(=O)ccc2ccc(CCN3CCN(c4cc(F)cc5sccc45)CC3)cc21. The van der Waals surface area contributed by atoms with Crippen LogP contribution in [0.25, 0.3) is 21.0 Å². The van der Waals surface area contributed by atoms with E-state index in [9.17, 15) is 14.0 Å². The fraction of sp³-hybridized carbons (Fsp3) is 0.379. The zero-order valence-corrected chi connectivity index (χ0v) is 22.3. The van der Waals surface area contributed by atoms with Crippen molar-refractivity contribution in [2.45, 2.75) is 33.9 Å². The third-order valence-electron chi connectivity index (χ3n) is 6.94. The number of ether oxygens (including phenoxy) is 1. The van der Waals surface area contributed by atoms with Gasteiger partial charge in [0.05, 0.1) is 10.9 Å². The van der Waals surface area contributed by atoms with Gasteiger partial charge in [0.2, 0.25) is 0 Å². The fourth-order valence-corrected chi connectivity index (χ4v) is 5.57. The number of rotatable bonds is 6. The summed E-state index contributed by atoms with van der Waals surface area (Å²) in [5.74, 6) is -0.528. The average Bonchev–Trinajstić information content (AvgIpc) is 3.34. The second-order valence-corrected chi connectivity index (χ2v) is 11.6. The molecule has 37 heavy (non-hydrogen) atoms. The van der Waals surface area contributed by atoms with Crippen LogP contribution < -0.4 is 10.5 Å². The van der Waals surface area contributed by atoms with Crippen LogP contribution in [0.15, 0.2) is 58.7 Å². The van der Waals surface area contributed by atoms with Gasteiger partial charge in [-0.1, -0.05) is 12.1 Å². The topological polar surface area (TPSA) is 54.8 Å². The Hall–Kier alpha value is -3.23. The summed E-state index contributed by atoms with van der Waals surface area (Å²) in [6.07, 6.45) is 0.843. The molecule has 0 N–H and O–H groups in total. The standard InChI is InChI=1S/C29H32FN3O3S/c1-29(2,3)28(35)36-19-33-24-16-20(4-5-21(24)6-7-27(33)34)8-10-31-11-13-32(14-12-31)25-17-22(30)18-26-23(25)9-15-37-26/h4-7,9,15-18H,8,10-14,19H2,1-3H3. The van der Waals surface area contributed by atoms with Crippen molar-refractivity contribution in [3.05, 3.63) is 75.6 Å². The van der Waals surface area contributed by atoms with Gasteiger partial charge in [-0.2, -0.15) is 0 Å². The molecule has 0 unspecified atom stereocenters. The van der Waals surface area contributed by atoms with Crippen molar-refractivity contribution in [1.82, 2.24) is 9.47 Å². The van der Waals surface area contributed by atoms with Crippen molar-refractivity contribution in [1.29, 1.82) is 0 Å². The Morgan fingerprint density at radius 3 is 2.54 bits per heavy atom. The second kappa shape index (κ2) is 10.3. The number of nitrogens with zero attached hydrogens (tertiary/aromatic N) is 3. The van der Waals surface area contributed by atoms with Crippen LogP contribution in [0.5, 0.6) is 0 Å². The van der Waals surface area contributed by atoms with Crippen LogP contribution in [0.1, 0.15) is 26.3 Å². The number of hydrogen-bond acceptors (Lipinski definition) is 6. The highest BCUT2D eigenvalue weighted by molar-refractivity contribution is 7.17. The van der Waals surface area contributed by atoms with Gasteiger partial charge in [-0.15, -0.1) is 11.3 Å². The van der Waals surface area contributed by atoms with Gasteiger partial charge in [0.1, 0.15) is 5.82 Å². The van der Waals surface area contributed by atoms with Crippen LogP contribution in [0, 0.1) is 11.2 Å². The molecule has 194 valence electrons. The van der Waals surface area contributed by atoms with E-state index in [1.165, 1.54) is 10.6 Å². The monoisotopic (exact) mass is 521 g/mol. The third kappa shape index (κ3) is 5.55. The van der Waals surface area contributed by atoms with E-state index in [1.54, 1.807) is 50.3 Å². The summed E-state index contributed by atoms with van der Waals surface area (Å²) >= 11 is 1.57. The highest BCUT2D eigenvalue weighted by Crippen LogP contribution is 2.32. The first-order valence-corrected chi connectivity index (χ1v) is 13.5. The predicted molar refractivity (Wildman–Crippen MR) is 148 cm³/mol. The number of fused-ring (bicyclic) bond motifs is 2. The Kier molecular flexibility index (Phi) is 7.05. The van der Waals surface area contributed by atoms with Gasteiger partial charge < -0.3 is 9.64 Å². The molecule has 6 nitrogen and oxygen atoms in total. The van der Waals surface area contributed by atoms with Gasteiger partial charge in [-0.25, -0.2) is 4.39 Å². The summed E-state index contributed by atoms with van der Waals surface area (Å²) < 4.78 is 22.1. The van der Waals surface area contributed by atoms with Gasteiger partial charge in [0.25, 0.3) is 5.56 Å². The molecule has 0 spiro atoms. The molecule has 0 radical (unpaired) electrons. The lowest BCUT2D eigenvalue weighted by molar-refractivity contribution is -0.156. The normalized spacial score (nSPS) is 15.0. The maximum atomic E-state index is 14.1. The number of pyridine rings is 1. The molecule has 3 heterocycles. The van der Waals surface area contributed by atoms with Crippen LogP contribution in [-0.4, -0.2) is 48.2 Å². The maximum absolute atomic E-state index is 14.1. The number of benzene rings is 2. The van der Waals surface area contributed by atoms with Crippen molar-refractivity contribution < 1.29 is 13.9 Å². The van der Waals surface area contributed by atoms with Gasteiger partial charge in [-0.05, 0) is 73.9 Å². The molecule has 5 rings (SSSR count). The molecule has 8 heteroatoms. The van der Waals surface area contributed by atoms with Gasteiger partial charge >= 0.3 is 5.97 Å². The Balaban J connectivity index is 1.24. The molecule has 1 fully saturated rings. The molecule has 0 aliphatic carbocycles. The number of thiophene rings is 1. The summed E-state index contributed by atoms with van der Waals surface area (Å²) in [5.41, 5.74) is 2.05. The highest BCUT2D eigenvalue weighted by atomic mass is 32.1. The summed E-state index contributed by atoms with van der Waals surface area (Å²) in [6.45, 7) is 9.68. The predicted octanol–water partition coefficient (Wildman–Crippen LogP) is 5.27. The first-order valence-electron chi connectivity index (χ1n) is 12.6. The van der Waals surface area contributed by atoms with E-state index in [4.69, 9.17) is 4.74 Å². The summed E-state index contributed by atoms with van der Waals surface area (Å²) in [6, 6.07) is 14.8. The summed E-state index contributed by atoms with van der Waals surface area (Å²) in [7, 11) is 0. The zero-order valence-electron chi connectivity index (χ0n) is 21.5. The lowest BCUT2D eigenvalue weighted by Gasteiger charge is -2.36. The number of anilines is 1. The lowest BCUT2D eigenvalue weighted by atomic mass is 9.98. The smallest absolute Gasteiger partial charge is 0.312 e. The molecule has 0 saturated carbocycles. The molecule has 1 saturated heterocycles. The van der Waals surface area contributed by atoms with Crippen LogP contribution >= 0.6 is 11.3 Å². The molecular formula is C29H32FN3O3S. The number of aromatic nitrogens is 1. The minimum absolute atomic E-state index is 0.102. The minimum Gasteiger partial charge on any atom is -0.443 e. The number of esters is 1. The number of piperazine rings is 1. The van der Waals surface area contributed by atoms with Gasteiger partial charge in [0, 0.05) is 54.6 Å². The molecule has 1 aliphatic rings. The Morgan fingerprint density at radius 2 is 1.78 bits per heavy atom. The number of halogens is 1. The van der Waals surface area contributed by atoms with E-state index in [-0.39, 0.29) is 24.1 Å². The maximum Gasteiger partial charge on any atom is 0.312 e. The van der Waals surface area contributed by atoms with Crippen LogP contribution in [0.4, 0.5) is 10.1 Å².